The van der Waals surface area contributed by atoms with Gasteiger partial charge in [-0.3, -0.25) is 4.90 Å². The Labute approximate surface area is 122 Å². The molecule has 0 radical (unpaired) electrons. The highest BCUT2D eigenvalue weighted by molar-refractivity contribution is 6.30. The molecule has 20 heavy (non-hydrogen) atoms. The Morgan fingerprint density at radius 3 is 2.85 bits per heavy atom. The maximum Gasteiger partial charge on any atom is 0.141 e. The van der Waals surface area contributed by atoms with Crippen molar-refractivity contribution in [2.45, 2.75) is 13.0 Å². The molecule has 0 heterocycles. The highest BCUT2D eigenvalue weighted by Gasteiger charge is 2.09. The van der Waals surface area contributed by atoms with Crippen LogP contribution in [0.5, 0.6) is 0 Å². The number of halogens is 2. The van der Waals surface area contributed by atoms with Gasteiger partial charge in [-0.2, -0.15) is 0 Å². The molecule has 0 aliphatic carbocycles. The Kier molecular flexibility index (Phi) is 7.28. The van der Waals surface area contributed by atoms with Crippen LogP contribution in [0.4, 0.5) is 4.39 Å². The van der Waals surface area contributed by atoms with E-state index in [2.05, 4.69) is 10.1 Å². The quantitative estimate of drug-likeness (QED) is 0.334. The van der Waals surface area contributed by atoms with E-state index in [9.17, 15) is 4.39 Å². The fourth-order valence-electron chi connectivity index (χ4n) is 1.71. The first-order chi connectivity index (χ1) is 9.56. The van der Waals surface area contributed by atoms with Crippen LogP contribution >= 0.6 is 11.6 Å². The molecule has 0 aliphatic rings. The van der Waals surface area contributed by atoms with E-state index in [0.29, 0.717) is 32.7 Å². The minimum Gasteiger partial charge on any atom is -0.409 e. The number of rotatable bonds is 8. The van der Waals surface area contributed by atoms with Crippen LogP contribution in [0, 0.1) is 5.82 Å². The summed E-state index contributed by atoms with van der Waals surface area (Å²) in [6.07, 6.45) is 0.440. The van der Waals surface area contributed by atoms with Gasteiger partial charge in [0.05, 0.1) is 11.6 Å². The van der Waals surface area contributed by atoms with E-state index in [1.54, 1.807) is 19.2 Å². The third-order valence-electron chi connectivity index (χ3n) is 2.81. The molecule has 3 N–H and O–H groups in total. The molecular formula is C13H19ClFN3O2. The smallest absolute Gasteiger partial charge is 0.141 e. The normalized spacial score (nSPS) is 12.1. The Morgan fingerprint density at radius 1 is 1.50 bits per heavy atom. The number of nitrogens with zero attached hydrogens (tertiary/aromatic N) is 2. The van der Waals surface area contributed by atoms with E-state index in [1.807, 2.05) is 0 Å². The second-order valence-electron chi connectivity index (χ2n) is 4.36. The van der Waals surface area contributed by atoms with E-state index < -0.39 is 5.82 Å². The maximum atomic E-state index is 13.1. The van der Waals surface area contributed by atoms with Crippen LogP contribution in [0.15, 0.2) is 23.4 Å². The zero-order valence-corrected chi connectivity index (χ0v) is 12.1. The third-order valence-corrected chi connectivity index (χ3v) is 3.10. The van der Waals surface area contributed by atoms with Crippen molar-refractivity contribution < 1.29 is 14.3 Å². The first-order valence-electron chi connectivity index (χ1n) is 6.18. The van der Waals surface area contributed by atoms with Gasteiger partial charge in [-0.05, 0) is 17.7 Å². The lowest BCUT2D eigenvalue weighted by Crippen LogP contribution is -2.30. The van der Waals surface area contributed by atoms with Crippen molar-refractivity contribution >= 4 is 17.4 Å². The van der Waals surface area contributed by atoms with E-state index in [0.717, 1.165) is 5.56 Å². The van der Waals surface area contributed by atoms with Gasteiger partial charge >= 0.3 is 0 Å². The molecule has 0 saturated carbocycles. The molecule has 0 aromatic heterocycles. The van der Waals surface area contributed by atoms with E-state index in [-0.39, 0.29) is 10.9 Å². The number of amidine groups is 1. The van der Waals surface area contributed by atoms with Crippen molar-refractivity contribution in [2.75, 3.05) is 26.8 Å². The molecule has 0 fully saturated rings. The first kappa shape index (κ1) is 16.7. The van der Waals surface area contributed by atoms with Crippen LogP contribution in [-0.2, 0) is 11.3 Å². The summed E-state index contributed by atoms with van der Waals surface area (Å²) in [5.74, 6) is -0.264. The lowest BCUT2D eigenvalue weighted by molar-refractivity contribution is 0.145. The summed E-state index contributed by atoms with van der Waals surface area (Å²) in [5, 5.41) is 11.6. The number of benzene rings is 1. The largest absolute Gasteiger partial charge is 0.409 e. The van der Waals surface area contributed by atoms with E-state index in [4.69, 9.17) is 27.3 Å². The summed E-state index contributed by atoms with van der Waals surface area (Å²) < 4.78 is 18.2. The predicted molar refractivity (Wildman–Crippen MR) is 76.6 cm³/mol. The third kappa shape index (κ3) is 5.73. The SMILES string of the molecule is COCCN(CC/C(N)=N/O)Cc1ccc(F)c(Cl)c1. The van der Waals surface area contributed by atoms with Gasteiger partial charge in [0.15, 0.2) is 0 Å². The fourth-order valence-corrected chi connectivity index (χ4v) is 1.91. The molecule has 7 heteroatoms. The van der Waals surface area contributed by atoms with Gasteiger partial charge in [-0.25, -0.2) is 4.39 Å². The zero-order valence-electron chi connectivity index (χ0n) is 11.4. The molecule has 0 aliphatic heterocycles. The van der Waals surface area contributed by atoms with Crippen LogP contribution in [0.2, 0.25) is 5.02 Å². The highest BCUT2D eigenvalue weighted by Crippen LogP contribution is 2.17. The van der Waals surface area contributed by atoms with Crippen molar-refractivity contribution in [3.63, 3.8) is 0 Å². The summed E-state index contributed by atoms with van der Waals surface area (Å²) >= 11 is 5.76. The number of oxime groups is 1. The number of nitrogens with two attached hydrogens (primary N) is 1. The van der Waals surface area contributed by atoms with Crippen LogP contribution < -0.4 is 5.73 Å². The fraction of sp³-hybridized carbons (Fsp3) is 0.462. The van der Waals surface area contributed by atoms with Gasteiger partial charge in [0.25, 0.3) is 0 Å². The Hall–Kier alpha value is -1.37. The summed E-state index contributed by atoms with van der Waals surface area (Å²) in [4.78, 5) is 2.06. The molecule has 5 nitrogen and oxygen atoms in total. The molecule has 1 rings (SSSR count). The van der Waals surface area contributed by atoms with Crippen LogP contribution in [0.3, 0.4) is 0 Å². The minimum atomic E-state index is -0.435. The minimum absolute atomic E-state index is 0.102. The van der Waals surface area contributed by atoms with Gasteiger partial charge in [-0.15, -0.1) is 0 Å². The molecule has 0 bridgehead atoms. The number of hydrogen-bond acceptors (Lipinski definition) is 4. The van der Waals surface area contributed by atoms with E-state index >= 15 is 0 Å². The van der Waals surface area contributed by atoms with Gasteiger partial charge in [0, 0.05) is 33.2 Å². The topological polar surface area (TPSA) is 71.1 Å². The monoisotopic (exact) mass is 303 g/mol. The van der Waals surface area contributed by atoms with Crippen LogP contribution in [0.1, 0.15) is 12.0 Å². The number of ether oxygens (including phenoxy) is 1. The molecular weight excluding hydrogens is 285 g/mol. The molecule has 0 atom stereocenters. The first-order valence-corrected chi connectivity index (χ1v) is 6.56. The summed E-state index contributed by atoms with van der Waals surface area (Å²) in [6.45, 7) is 2.44. The van der Waals surface area contributed by atoms with Gasteiger partial charge < -0.3 is 15.7 Å². The lowest BCUT2D eigenvalue weighted by atomic mass is 10.2. The van der Waals surface area contributed by atoms with Gasteiger partial charge in [-0.1, -0.05) is 22.8 Å². The molecule has 1 aromatic rings. The molecule has 112 valence electrons. The average Bonchev–Trinajstić information content (AvgIpc) is 2.45. The lowest BCUT2D eigenvalue weighted by Gasteiger charge is -2.21. The number of methoxy groups -OCH3 is 1. The summed E-state index contributed by atoms with van der Waals surface area (Å²) in [7, 11) is 1.62. The van der Waals surface area contributed by atoms with Crippen molar-refractivity contribution in [3.05, 3.63) is 34.6 Å². The van der Waals surface area contributed by atoms with Crippen LogP contribution in [-0.4, -0.2) is 42.7 Å². The standard InChI is InChI=1S/C13H19ClFN3O2/c1-20-7-6-18(5-4-13(16)17-19)9-10-2-3-12(15)11(14)8-10/h2-3,8,19H,4-7,9H2,1H3,(H2,16,17). The Balaban J connectivity index is 2.64. The molecule has 0 saturated heterocycles. The van der Waals surface area contributed by atoms with Crippen LogP contribution in [0.25, 0.3) is 0 Å². The predicted octanol–water partition coefficient (Wildman–Crippen LogP) is 2.06. The average molecular weight is 304 g/mol. The van der Waals surface area contributed by atoms with E-state index in [1.165, 1.54) is 6.07 Å². The number of hydrogen-bond donors (Lipinski definition) is 2. The molecule has 1 aromatic carbocycles. The van der Waals surface area contributed by atoms with Crippen molar-refractivity contribution in [1.29, 1.82) is 0 Å². The molecule has 0 amide bonds. The van der Waals surface area contributed by atoms with Crippen molar-refractivity contribution in [1.82, 2.24) is 4.90 Å². The van der Waals surface area contributed by atoms with Gasteiger partial charge in [0.1, 0.15) is 11.7 Å². The van der Waals surface area contributed by atoms with Crippen molar-refractivity contribution in [2.24, 2.45) is 10.9 Å². The second-order valence-corrected chi connectivity index (χ2v) is 4.77. The highest BCUT2D eigenvalue weighted by atomic mass is 35.5. The summed E-state index contributed by atoms with van der Waals surface area (Å²) in [5.41, 5.74) is 6.35. The van der Waals surface area contributed by atoms with Gasteiger partial charge in [0.2, 0.25) is 0 Å². The van der Waals surface area contributed by atoms with Crippen molar-refractivity contribution in [3.8, 4) is 0 Å². The Morgan fingerprint density at radius 2 is 2.25 bits per heavy atom. The Bertz CT molecular complexity index is 457. The zero-order chi connectivity index (χ0) is 15.0. The summed E-state index contributed by atoms with van der Waals surface area (Å²) in [6, 6.07) is 4.63. The molecule has 0 spiro atoms. The second kappa shape index (κ2) is 8.73. The molecule has 0 unspecified atom stereocenters. The maximum absolute atomic E-state index is 13.1.